The van der Waals surface area contributed by atoms with Crippen LogP contribution in [0.25, 0.3) is 44.1 Å². The summed E-state index contributed by atoms with van der Waals surface area (Å²) in [6.45, 7) is 2.32. The van der Waals surface area contributed by atoms with Crippen LogP contribution in [0.2, 0.25) is 0 Å². The Balaban J connectivity index is 1.27. The minimum atomic E-state index is 0.0735. The van der Waals surface area contributed by atoms with Crippen LogP contribution < -0.4 is 5.01 Å². The number of benzene rings is 6. The fraction of sp³-hybridized carbons (Fsp3) is 0.0976. The molecule has 0 radical (unpaired) electrons. The number of fused-ring (bicyclic) bond motifs is 8. The van der Waals surface area contributed by atoms with Crippen LogP contribution in [0, 0.1) is 11.3 Å². The molecule has 3 heteroatoms. The van der Waals surface area contributed by atoms with E-state index in [2.05, 4.69) is 138 Å². The van der Waals surface area contributed by atoms with Crippen molar-refractivity contribution in [3.8, 4) is 28.3 Å². The standard InChI is InChI=1S/C41H29N3/c1-2-30-31-12-3-4-13-32(31)34-22-23-35-33-14-5-7-16-37(33)44(41(35)39(30)34)43-38-17-8-6-15-36(38)40(43)28-20-18-27(19-21-28)29-11-9-10-26(24-29)25-42/h3-24,30,40H,2H2,1H3. The van der Waals surface area contributed by atoms with Gasteiger partial charge < -0.3 is 0 Å². The Kier molecular flexibility index (Phi) is 5.37. The highest BCUT2D eigenvalue weighted by molar-refractivity contribution is 6.12. The van der Waals surface area contributed by atoms with E-state index in [1.54, 1.807) is 0 Å². The third kappa shape index (κ3) is 3.37. The van der Waals surface area contributed by atoms with Crippen molar-refractivity contribution >= 4 is 27.5 Å². The van der Waals surface area contributed by atoms with Crippen LogP contribution in [0.5, 0.6) is 0 Å². The summed E-state index contributed by atoms with van der Waals surface area (Å²) in [6, 6.07) is 50.4. The summed E-state index contributed by atoms with van der Waals surface area (Å²) in [4.78, 5) is 0. The lowest BCUT2D eigenvalue weighted by Crippen LogP contribution is -2.42. The van der Waals surface area contributed by atoms with Gasteiger partial charge in [-0.25, -0.2) is 0 Å². The first kappa shape index (κ1) is 25.0. The van der Waals surface area contributed by atoms with E-state index in [1.807, 2.05) is 18.2 Å². The van der Waals surface area contributed by atoms with Crippen LogP contribution in [-0.4, -0.2) is 4.68 Å². The minimum Gasteiger partial charge on any atom is -0.268 e. The highest BCUT2D eigenvalue weighted by Crippen LogP contribution is 2.54. The first-order valence-corrected chi connectivity index (χ1v) is 15.4. The van der Waals surface area contributed by atoms with Gasteiger partial charge in [0.25, 0.3) is 0 Å². The second-order valence-electron chi connectivity index (χ2n) is 11.9. The quantitative estimate of drug-likeness (QED) is 0.213. The predicted octanol–water partition coefficient (Wildman–Crippen LogP) is 10.2. The predicted molar refractivity (Wildman–Crippen MR) is 180 cm³/mol. The first-order valence-electron chi connectivity index (χ1n) is 15.4. The third-order valence-electron chi connectivity index (χ3n) is 9.72. The fourth-order valence-corrected chi connectivity index (χ4v) is 7.80. The molecule has 44 heavy (non-hydrogen) atoms. The van der Waals surface area contributed by atoms with Gasteiger partial charge in [0.15, 0.2) is 0 Å². The number of para-hydroxylation sites is 2. The molecular formula is C41H29N3. The van der Waals surface area contributed by atoms with E-state index < -0.39 is 0 Å². The van der Waals surface area contributed by atoms with Crippen LogP contribution in [0.4, 0.5) is 5.69 Å². The number of hydrogen-bond acceptors (Lipinski definition) is 2. The third-order valence-corrected chi connectivity index (χ3v) is 9.72. The van der Waals surface area contributed by atoms with E-state index in [4.69, 9.17) is 0 Å². The molecule has 0 fully saturated rings. The monoisotopic (exact) mass is 563 g/mol. The average molecular weight is 564 g/mol. The summed E-state index contributed by atoms with van der Waals surface area (Å²) < 4.78 is 2.52. The highest BCUT2D eigenvalue weighted by Gasteiger charge is 2.40. The average Bonchev–Trinajstić information content (AvgIpc) is 3.58. The summed E-state index contributed by atoms with van der Waals surface area (Å²) in [6.07, 6.45) is 1.05. The van der Waals surface area contributed by atoms with Gasteiger partial charge in [-0.3, -0.25) is 9.69 Å². The largest absolute Gasteiger partial charge is 0.268 e. The Morgan fingerprint density at radius 1 is 0.659 bits per heavy atom. The molecule has 1 aliphatic carbocycles. The molecule has 0 bridgehead atoms. The van der Waals surface area contributed by atoms with Gasteiger partial charge in [-0.15, -0.1) is 0 Å². The van der Waals surface area contributed by atoms with Gasteiger partial charge in [0.2, 0.25) is 0 Å². The van der Waals surface area contributed by atoms with E-state index in [1.165, 1.54) is 60.9 Å². The molecule has 0 amide bonds. The van der Waals surface area contributed by atoms with Gasteiger partial charge in [-0.05, 0) is 69.6 Å². The Labute approximate surface area is 256 Å². The van der Waals surface area contributed by atoms with Crippen LogP contribution >= 0.6 is 0 Å². The van der Waals surface area contributed by atoms with Crippen LogP contribution in [-0.2, 0) is 0 Å². The molecule has 0 saturated carbocycles. The van der Waals surface area contributed by atoms with E-state index in [0.717, 1.165) is 17.5 Å². The van der Waals surface area contributed by atoms with Crippen LogP contribution in [0.15, 0.2) is 133 Å². The van der Waals surface area contributed by atoms with Crippen molar-refractivity contribution in [3.63, 3.8) is 0 Å². The summed E-state index contributed by atoms with van der Waals surface area (Å²) in [5.74, 6) is 0.353. The smallest absolute Gasteiger partial charge is 0.103 e. The lowest BCUT2D eigenvalue weighted by Gasteiger charge is -2.46. The zero-order chi connectivity index (χ0) is 29.4. The molecular weight excluding hydrogens is 534 g/mol. The van der Waals surface area contributed by atoms with Crippen molar-refractivity contribution in [1.29, 1.82) is 5.26 Å². The summed E-state index contributed by atoms with van der Waals surface area (Å²) >= 11 is 0. The summed E-state index contributed by atoms with van der Waals surface area (Å²) in [7, 11) is 0. The molecule has 6 aromatic carbocycles. The van der Waals surface area contributed by atoms with E-state index in [0.29, 0.717) is 11.5 Å². The van der Waals surface area contributed by atoms with E-state index in [9.17, 15) is 5.26 Å². The maximum absolute atomic E-state index is 9.41. The minimum absolute atomic E-state index is 0.0735. The summed E-state index contributed by atoms with van der Waals surface area (Å²) in [5, 5.41) is 14.5. The molecule has 0 N–H and O–H groups in total. The van der Waals surface area contributed by atoms with Gasteiger partial charge in [0.1, 0.15) is 6.04 Å². The zero-order valence-electron chi connectivity index (χ0n) is 24.4. The van der Waals surface area contributed by atoms with Gasteiger partial charge >= 0.3 is 0 Å². The summed E-state index contributed by atoms with van der Waals surface area (Å²) in [5.41, 5.74) is 14.8. The van der Waals surface area contributed by atoms with Crippen molar-refractivity contribution in [2.75, 3.05) is 5.01 Å². The molecule has 2 heterocycles. The highest BCUT2D eigenvalue weighted by atomic mass is 15.6. The normalized spacial score (nSPS) is 16.3. The molecule has 3 nitrogen and oxygen atoms in total. The molecule has 9 rings (SSSR count). The van der Waals surface area contributed by atoms with Gasteiger partial charge in [-0.2, -0.15) is 5.26 Å². The zero-order valence-corrected chi connectivity index (χ0v) is 24.4. The molecule has 1 aliphatic heterocycles. The van der Waals surface area contributed by atoms with Crippen molar-refractivity contribution in [1.82, 2.24) is 4.68 Å². The molecule has 1 aromatic heterocycles. The Morgan fingerprint density at radius 2 is 1.43 bits per heavy atom. The Morgan fingerprint density at radius 3 is 2.27 bits per heavy atom. The fourth-order valence-electron chi connectivity index (χ4n) is 7.80. The first-order chi connectivity index (χ1) is 21.8. The molecule has 2 aliphatic rings. The molecule has 0 spiro atoms. The van der Waals surface area contributed by atoms with Gasteiger partial charge in [-0.1, -0.05) is 116 Å². The molecule has 0 saturated heterocycles. The van der Waals surface area contributed by atoms with Crippen molar-refractivity contribution < 1.29 is 0 Å². The Bertz CT molecular complexity index is 2300. The second-order valence-corrected chi connectivity index (χ2v) is 11.9. The van der Waals surface area contributed by atoms with E-state index in [-0.39, 0.29) is 6.04 Å². The number of hydrogen-bond donors (Lipinski definition) is 0. The van der Waals surface area contributed by atoms with Gasteiger partial charge in [0.05, 0.1) is 28.4 Å². The molecule has 7 aromatic rings. The molecule has 208 valence electrons. The molecule has 2 unspecified atom stereocenters. The van der Waals surface area contributed by atoms with Crippen molar-refractivity contribution in [3.05, 3.63) is 161 Å². The van der Waals surface area contributed by atoms with Crippen LogP contribution in [0.1, 0.15) is 53.1 Å². The molecule has 2 atom stereocenters. The van der Waals surface area contributed by atoms with E-state index >= 15 is 0 Å². The lowest BCUT2D eigenvalue weighted by atomic mass is 9.88. The maximum atomic E-state index is 9.41. The number of nitriles is 1. The Hall–Kier alpha value is -5.59. The number of nitrogens with zero attached hydrogens (tertiary/aromatic N) is 3. The number of aromatic nitrogens is 1. The van der Waals surface area contributed by atoms with Crippen molar-refractivity contribution in [2.24, 2.45) is 0 Å². The van der Waals surface area contributed by atoms with Gasteiger partial charge in [0, 0.05) is 22.3 Å². The number of anilines is 1. The SMILES string of the molecule is CCC1c2ccccc2-c2ccc3c4ccccc4n(N4c5ccccc5C4c4ccc(-c5cccc(C#N)c5)cc4)c3c21. The lowest BCUT2D eigenvalue weighted by molar-refractivity contribution is 0.593. The van der Waals surface area contributed by atoms with Crippen molar-refractivity contribution in [2.45, 2.75) is 25.3 Å². The topological polar surface area (TPSA) is 32.0 Å². The number of rotatable bonds is 4. The second kappa shape index (κ2) is 9.46. The maximum Gasteiger partial charge on any atom is 0.103 e. The van der Waals surface area contributed by atoms with Crippen LogP contribution in [0.3, 0.4) is 0 Å².